The van der Waals surface area contributed by atoms with Crippen molar-refractivity contribution in [2.75, 3.05) is 13.2 Å². The lowest BCUT2D eigenvalue weighted by molar-refractivity contribution is -0.177. The Balaban J connectivity index is 3.62. The van der Waals surface area contributed by atoms with Gasteiger partial charge in [-0.15, -0.1) is 0 Å². The number of rotatable bonds is 13. The number of carbonyl (C=O) groups is 2. The molecule has 22 heavy (non-hydrogen) atoms. The first-order chi connectivity index (χ1) is 10.5. The predicted molar refractivity (Wildman–Crippen MR) is 82.1 cm³/mol. The van der Waals surface area contributed by atoms with Crippen molar-refractivity contribution in [1.82, 2.24) is 0 Å². The monoisotopic (exact) mass is 318 g/mol. The highest BCUT2D eigenvalue weighted by atomic mass is 16.7. The molecule has 0 N–H and O–H groups in total. The van der Waals surface area contributed by atoms with Crippen LogP contribution in [0.25, 0.3) is 0 Å². The fourth-order valence-corrected chi connectivity index (χ4v) is 1.66. The SMILES string of the molecule is CCCOC(C)OC(=O)CCCCC(=O)OC(C)OCCC. The third-order valence-corrected chi connectivity index (χ3v) is 2.72. The van der Waals surface area contributed by atoms with E-state index in [0.29, 0.717) is 26.1 Å². The summed E-state index contributed by atoms with van der Waals surface area (Å²) < 4.78 is 20.6. The van der Waals surface area contributed by atoms with Gasteiger partial charge in [-0.05, 0) is 39.5 Å². The number of hydrogen-bond acceptors (Lipinski definition) is 6. The fraction of sp³-hybridized carbons (Fsp3) is 0.875. The van der Waals surface area contributed by atoms with Gasteiger partial charge in [-0.2, -0.15) is 0 Å². The molecule has 6 nitrogen and oxygen atoms in total. The highest BCUT2D eigenvalue weighted by Crippen LogP contribution is 2.06. The third kappa shape index (κ3) is 12.6. The molecule has 0 aromatic heterocycles. The molecule has 0 saturated heterocycles. The minimum atomic E-state index is -0.519. The summed E-state index contributed by atoms with van der Waals surface area (Å²) in [6.45, 7) is 8.51. The maximum atomic E-state index is 11.5. The van der Waals surface area contributed by atoms with Gasteiger partial charge < -0.3 is 18.9 Å². The molecule has 2 unspecified atom stereocenters. The molecule has 0 spiro atoms. The molecule has 0 fully saturated rings. The Kier molecular flexibility index (Phi) is 12.8. The second-order valence-electron chi connectivity index (χ2n) is 5.06. The summed E-state index contributed by atoms with van der Waals surface area (Å²) in [6, 6.07) is 0. The van der Waals surface area contributed by atoms with Gasteiger partial charge in [-0.25, -0.2) is 0 Å². The van der Waals surface area contributed by atoms with E-state index < -0.39 is 12.6 Å². The molecule has 0 saturated carbocycles. The lowest BCUT2D eigenvalue weighted by Crippen LogP contribution is -2.19. The average Bonchev–Trinajstić information content (AvgIpc) is 2.47. The van der Waals surface area contributed by atoms with Gasteiger partial charge in [0.15, 0.2) is 12.6 Å². The van der Waals surface area contributed by atoms with E-state index in [-0.39, 0.29) is 24.8 Å². The molecule has 0 aliphatic rings. The Morgan fingerprint density at radius 2 is 1.14 bits per heavy atom. The van der Waals surface area contributed by atoms with Crippen molar-refractivity contribution >= 4 is 11.9 Å². The Labute approximate surface area is 133 Å². The lowest BCUT2D eigenvalue weighted by Gasteiger charge is -2.14. The molecular weight excluding hydrogens is 288 g/mol. The fourth-order valence-electron chi connectivity index (χ4n) is 1.66. The first-order valence-corrected chi connectivity index (χ1v) is 8.11. The molecule has 0 heterocycles. The van der Waals surface area contributed by atoms with Gasteiger partial charge in [-0.1, -0.05) is 13.8 Å². The van der Waals surface area contributed by atoms with Gasteiger partial charge in [0.1, 0.15) is 0 Å². The average molecular weight is 318 g/mol. The lowest BCUT2D eigenvalue weighted by atomic mass is 10.2. The van der Waals surface area contributed by atoms with Crippen molar-refractivity contribution in [1.29, 1.82) is 0 Å². The van der Waals surface area contributed by atoms with Crippen LogP contribution in [0, 0.1) is 0 Å². The standard InChI is InChI=1S/C16H30O6/c1-5-11-19-13(3)21-15(17)9-7-8-10-16(18)22-14(4)20-12-6-2/h13-14H,5-12H2,1-4H3. The zero-order chi connectivity index (χ0) is 16.8. The number of carbonyl (C=O) groups excluding carboxylic acids is 2. The van der Waals surface area contributed by atoms with Crippen LogP contribution in [0.15, 0.2) is 0 Å². The molecule has 2 atom stereocenters. The van der Waals surface area contributed by atoms with E-state index in [1.54, 1.807) is 13.8 Å². The van der Waals surface area contributed by atoms with E-state index in [2.05, 4.69) is 0 Å². The van der Waals surface area contributed by atoms with Gasteiger partial charge in [0.2, 0.25) is 0 Å². The molecular formula is C16H30O6. The first kappa shape index (κ1) is 20.9. The first-order valence-electron chi connectivity index (χ1n) is 8.11. The normalized spacial score (nSPS) is 13.5. The van der Waals surface area contributed by atoms with Gasteiger partial charge in [0, 0.05) is 12.8 Å². The van der Waals surface area contributed by atoms with Crippen LogP contribution in [0.2, 0.25) is 0 Å². The van der Waals surface area contributed by atoms with Crippen molar-refractivity contribution in [2.24, 2.45) is 0 Å². The zero-order valence-corrected chi connectivity index (χ0v) is 14.3. The van der Waals surface area contributed by atoms with Crippen LogP contribution >= 0.6 is 0 Å². The molecule has 0 aliphatic heterocycles. The van der Waals surface area contributed by atoms with Crippen LogP contribution in [0.5, 0.6) is 0 Å². The van der Waals surface area contributed by atoms with E-state index in [1.165, 1.54) is 0 Å². The summed E-state index contributed by atoms with van der Waals surface area (Å²) in [7, 11) is 0. The van der Waals surface area contributed by atoms with Crippen LogP contribution in [0.3, 0.4) is 0 Å². The second-order valence-corrected chi connectivity index (χ2v) is 5.06. The molecule has 0 bridgehead atoms. The number of ether oxygens (including phenoxy) is 4. The molecule has 0 rings (SSSR count). The quantitative estimate of drug-likeness (QED) is 0.295. The molecule has 0 aromatic rings. The van der Waals surface area contributed by atoms with Crippen molar-refractivity contribution in [3.8, 4) is 0 Å². The molecule has 130 valence electrons. The summed E-state index contributed by atoms with van der Waals surface area (Å²) in [5, 5.41) is 0. The minimum Gasteiger partial charge on any atom is -0.436 e. The Hall–Kier alpha value is -1.14. The molecule has 0 radical (unpaired) electrons. The number of esters is 2. The Morgan fingerprint density at radius 3 is 1.45 bits per heavy atom. The summed E-state index contributed by atoms with van der Waals surface area (Å²) in [4.78, 5) is 23.0. The second kappa shape index (κ2) is 13.5. The van der Waals surface area contributed by atoms with E-state index >= 15 is 0 Å². The summed E-state index contributed by atoms with van der Waals surface area (Å²) in [6.07, 6.45) is 2.43. The smallest absolute Gasteiger partial charge is 0.308 e. The van der Waals surface area contributed by atoms with Crippen LogP contribution in [0.1, 0.15) is 66.2 Å². The summed E-state index contributed by atoms with van der Waals surface area (Å²) in [5.74, 6) is -0.617. The predicted octanol–water partition coefficient (Wildman–Crippen LogP) is 3.18. The van der Waals surface area contributed by atoms with E-state index in [4.69, 9.17) is 18.9 Å². The molecule has 0 aliphatic carbocycles. The zero-order valence-electron chi connectivity index (χ0n) is 14.3. The summed E-state index contributed by atoms with van der Waals surface area (Å²) in [5.41, 5.74) is 0. The third-order valence-electron chi connectivity index (χ3n) is 2.72. The van der Waals surface area contributed by atoms with Crippen molar-refractivity contribution in [2.45, 2.75) is 78.8 Å². The van der Waals surface area contributed by atoms with Gasteiger partial charge in [0.25, 0.3) is 0 Å². The topological polar surface area (TPSA) is 71.1 Å². The van der Waals surface area contributed by atoms with Gasteiger partial charge in [0.05, 0.1) is 13.2 Å². The van der Waals surface area contributed by atoms with Crippen LogP contribution in [-0.2, 0) is 28.5 Å². The van der Waals surface area contributed by atoms with Crippen LogP contribution in [0.4, 0.5) is 0 Å². The highest BCUT2D eigenvalue weighted by Gasteiger charge is 2.11. The molecule has 0 amide bonds. The van der Waals surface area contributed by atoms with Crippen LogP contribution < -0.4 is 0 Å². The molecule has 6 heteroatoms. The maximum Gasteiger partial charge on any atom is 0.308 e. The van der Waals surface area contributed by atoms with Crippen molar-refractivity contribution < 1.29 is 28.5 Å². The Bertz CT molecular complexity index is 275. The van der Waals surface area contributed by atoms with Crippen LogP contribution in [-0.4, -0.2) is 37.7 Å². The minimum absolute atomic E-state index is 0.273. The summed E-state index contributed by atoms with van der Waals surface area (Å²) >= 11 is 0. The van der Waals surface area contributed by atoms with E-state index in [1.807, 2.05) is 13.8 Å². The van der Waals surface area contributed by atoms with E-state index in [0.717, 1.165) is 12.8 Å². The Morgan fingerprint density at radius 1 is 0.773 bits per heavy atom. The number of hydrogen-bond donors (Lipinski definition) is 0. The van der Waals surface area contributed by atoms with Gasteiger partial charge >= 0.3 is 11.9 Å². The highest BCUT2D eigenvalue weighted by molar-refractivity contribution is 5.70. The number of unbranched alkanes of at least 4 members (excludes halogenated alkanes) is 1. The molecule has 0 aromatic carbocycles. The van der Waals surface area contributed by atoms with Gasteiger partial charge in [-0.3, -0.25) is 9.59 Å². The largest absolute Gasteiger partial charge is 0.436 e. The maximum absolute atomic E-state index is 11.5. The van der Waals surface area contributed by atoms with E-state index in [9.17, 15) is 9.59 Å². The van der Waals surface area contributed by atoms with Crippen molar-refractivity contribution in [3.63, 3.8) is 0 Å². The van der Waals surface area contributed by atoms with Crippen molar-refractivity contribution in [3.05, 3.63) is 0 Å².